The summed E-state index contributed by atoms with van der Waals surface area (Å²) in [6.45, 7) is 1.64. The minimum atomic E-state index is -0.514. The minimum Gasteiger partial charge on any atom is -0.495 e. The number of rotatable bonds is 10. The smallest absolute Gasteiger partial charge is 0.341 e. The van der Waals surface area contributed by atoms with E-state index in [-0.39, 0.29) is 19.1 Å². The van der Waals surface area contributed by atoms with Crippen molar-refractivity contribution < 1.29 is 28.6 Å². The number of esters is 1. The molecule has 0 saturated heterocycles. The van der Waals surface area contributed by atoms with E-state index < -0.39 is 11.9 Å². The molecule has 0 bridgehead atoms. The minimum absolute atomic E-state index is 0.210. The number of nitrogens with one attached hydrogen (secondary N) is 2. The monoisotopic (exact) mass is 564 g/mol. The van der Waals surface area contributed by atoms with Crippen molar-refractivity contribution in [3.05, 3.63) is 94.3 Å². The van der Waals surface area contributed by atoms with Crippen LogP contribution >= 0.6 is 22.9 Å². The molecule has 8 nitrogen and oxygen atoms in total. The summed E-state index contributed by atoms with van der Waals surface area (Å²) in [6, 6.07) is 20.7. The Labute approximate surface area is 234 Å². The predicted octanol–water partition coefficient (Wildman–Crippen LogP) is 6.52. The quantitative estimate of drug-likeness (QED) is 0.212. The Kier molecular flexibility index (Phi) is 9.19. The van der Waals surface area contributed by atoms with E-state index in [2.05, 4.69) is 10.6 Å². The van der Waals surface area contributed by atoms with Crippen LogP contribution in [0, 0.1) is 0 Å². The summed E-state index contributed by atoms with van der Waals surface area (Å²) in [4.78, 5) is 37.9. The second kappa shape index (κ2) is 12.9. The molecule has 0 atom stereocenters. The van der Waals surface area contributed by atoms with Crippen molar-refractivity contribution in [3.8, 4) is 22.6 Å². The zero-order valence-electron chi connectivity index (χ0n) is 21.2. The summed E-state index contributed by atoms with van der Waals surface area (Å²) in [7, 11) is 1.51. The number of hydrogen-bond donors (Lipinski definition) is 2. The first kappa shape index (κ1) is 27.7. The van der Waals surface area contributed by atoms with Crippen LogP contribution in [0.5, 0.6) is 11.5 Å². The molecule has 0 aliphatic rings. The molecule has 0 aliphatic carbocycles. The fourth-order valence-electron chi connectivity index (χ4n) is 3.65. The Morgan fingerprint density at radius 1 is 0.949 bits per heavy atom. The van der Waals surface area contributed by atoms with Crippen molar-refractivity contribution in [1.82, 2.24) is 0 Å². The van der Waals surface area contributed by atoms with Gasteiger partial charge in [-0.3, -0.25) is 9.59 Å². The van der Waals surface area contributed by atoms with Crippen LogP contribution in [0.4, 0.5) is 10.7 Å². The fourth-order valence-corrected chi connectivity index (χ4v) is 4.88. The number of methoxy groups -OCH3 is 1. The van der Waals surface area contributed by atoms with Crippen LogP contribution in [0.2, 0.25) is 5.02 Å². The predicted molar refractivity (Wildman–Crippen MR) is 152 cm³/mol. The van der Waals surface area contributed by atoms with Gasteiger partial charge in [0.1, 0.15) is 22.1 Å². The van der Waals surface area contributed by atoms with Gasteiger partial charge in [-0.2, -0.15) is 0 Å². The van der Waals surface area contributed by atoms with Gasteiger partial charge < -0.3 is 24.8 Å². The van der Waals surface area contributed by atoms with E-state index in [0.717, 1.165) is 5.56 Å². The molecule has 1 heterocycles. The third kappa shape index (κ3) is 6.95. The SMILES string of the molecule is CCOC(=O)c1c(-c2ccccc2)csc1NC(=O)COc1ccc(C(=O)Nc2ccc(OC)c(Cl)c2)cc1. The molecule has 10 heteroatoms. The highest BCUT2D eigenvalue weighted by molar-refractivity contribution is 7.15. The highest BCUT2D eigenvalue weighted by Gasteiger charge is 2.23. The molecule has 0 fully saturated rings. The molecule has 0 unspecified atom stereocenters. The van der Waals surface area contributed by atoms with Crippen LogP contribution in [-0.2, 0) is 9.53 Å². The molecule has 4 aromatic rings. The number of halogens is 1. The van der Waals surface area contributed by atoms with E-state index >= 15 is 0 Å². The van der Waals surface area contributed by atoms with Gasteiger partial charge in [0.15, 0.2) is 6.61 Å². The average Bonchev–Trinajstić information content (AvgIpc) is 3.36. The maximum Gasteiger partial charge on any atom is 0.341 e. The first-order valence-corrected chi connectivity index (χ1v) is 13.2. The second-order valence-corrected chi connectivity index (χ2v) is 9.39. The molecule has 0 aliphatic heterocycles. The van der Waals surface area contributed by atoms with Gasteiger partial charge in [-0.1, -0.05) is 41.9 Å². The molecule has 0 saturated carbocycles. The van der Waals surface area contributed by atoms with Crippen molar-refractivity contribution in [2.45, 2.75) is 6.92 Å². The Morgan fingerprint density at radius 3 is 2.36 bits per heavy atom. The van der Waals surface area contributed by atoms with Gasteiger partial charge in [0, 0.05) is 22.2 Å². The van der Waals surface area contributed by atoms with E-state index in [1.807, 2.05) is 35.7 Å². The largest absolute Gasteiger partial charge is 0.495 e. The van der Waals surface area contributed by atoms with E-state index in [4.69, 9.17) is 25.8 Å². The summed E-state index contributed by atoms with van der Waals surface area (Å²) in [5, 5.41) is 8.08. The molecule has 200 valence electrons. The Morgan fingerprint density at radius 2 is 1.69 bits per heavy atom. The number of hydrogen-bond acceptors (Lipinski definition) is 7. The lowest BCUT2D eigenvalue weighted by Crippen LogP contribution is -2.21. The summed E-state index contributed by atoms with van der Waals surface area (Å²) >= 11 is 7.35. The molecule has 2 N–H and O–H groups in total. The maximum absolute atomic E-state index is 12.7. The normalized spacial score (nSPS) is 10.4. The third-order valence-electron chi connectivity index (χ3n) is 5.50. The van der Waals surface area contributed by atoms with Crippen LogP contribution in [-0.4, -0.2) is 38.1 Å². The molecule has 4 rings (SSSR count). The van der Waals surface area contributed by atoms with Crippen LogP contribution < -0.4 is 20.1 Å². The van der Waals surface area contributed by atoms with Crippen LogP contribution in [0.3, 0.4) is 0 Å². The van der Waals surface area contributed by atoms with Crippen molar-refractivity contribution in [2.24, 2.45) is 0 Å². The molecular formula is C29H25ClN2O6S. The molecule has 39 heavy (non-hydrogen) atoms. The molecular weight excluding hydrogens is 540 g/mol. The molecule has 2 amide bonds. The summed E-state index contributed by atoms with van der Waals surface area (Å²) in [6.07, 6.45) is 0. The number of carbonyl (C=O) groups is 3. The lowest BCUT2D eigenvalue weighted by Gasteiger charge is -2.10. The number of thiophene rings is 1. The topological polar surface area (TPSA) is 103 Å². The maximum atomic E-state index is 12.7. The third-order valence-corrected chi connectivity index (χ3v) is 6.70. The summed E-state index contributed by atoms with van der Waals surface area (Å²) < 4.78 is 15.9. The van der Waals surface area contributed by atoms with Crippen LogP contribution in [0.1, 0.15) is 27.6 Å². The highest BCUT2D eigenvalue weighted by atomic mass is 35.5. The Hall–Kier alpha value is -4.34. The molecule has 1 aromatic heterocycles. The van der Waals surface area contributed by atoms with E-state index in [1.165, 1.54) is 18.4 Å². The number of anilines is 2. The van der Waals surface area contributed by atoms with E-state index in [9.17, 15) is 14.4 Å². The lowest BCUT2D eigenvalue weighted by atomic mass is 10.0. The first-order chi connectivity index (χ1) is 18.9. The van der Waals surface area contributed by atoms with Gasteiger partial charge >= 0.3 is 5.97 Å². The average molecular weight is 565 g/mol. The standard InChI is InChI=1S/C29H25ClN2O6S/c1-3-37-29(35)26-22(18-7-5-4-6-8-18)17-39-28(26)32-25(33)16-38-21-12-9-19(10-13-21)27(34)31-20-11-14-24(36-2)23(30)15-20/h4-15,17H,3,16H2,1-2H3,(H,31,34)(H,32,33). The van der Waals surface area contributed by atoms with Crippen molar-refractivity contribution in [2.75, 3.05) is 31.0 Å². The van der Waals surface area contributed by atoms with Crippen molar-refractivity contribution >= 4 is 51.4 Å². The number of amides is 2. The van der Waals surface area contributed by atoms with E-state index in [1.54, 1.807) is 49.4 Å². The van der Waals surface area contributed by atoms with Crippen LogP contribution in [0.25, 0.3) is 11.1 Å². The highest BCUT2D eigenvalue weighted by Crippen LogP contribution is 2.36. The fraction of sp³-hybridized carbons (Fsp3) is 0.138. The van der Waals surface area contributed by atoms with Gasteiger partial charge in [-0.05, 0) is 55.0 Å². The van der Waals surface area contributed by atoms with Gasteiger partial charge in [-0.15, -0.1) is 11.3 Å². The number of carbonyl (C=O) groups excluding carboxylic acids is 3. The molecule has 0 spiro atoms. The molecule has 3 aromatic carbocycles. The van der Waals surface area contributed by atoms with Crippen molar-refractivity contribution in [1.29, 1.82) is 0 Å². The van der Waals surface area contributed by atoms with Crippen molar-refractivity contribution in [3.63, 3.8) is 0 Å². The second-order valence-electron chi connectivity index (χ2n) is 8.10. The summed E-state index contributed by atoms with van der Waals surface area (Å²) in [5.41, 5.74) is 2.74. The first-order valence-electron chi connectivity index (χ1n) is 11.9. The Balaban J connectivity index is 1.37. The zero-order valence-corrected chi connectivity index (χ0v) is 22.7. The number of benzene rings is 3. The lowest BCUT2D eigenvalue weighted by molar-refractivity contribution is -0.118. The number of ether oxygens (including phenoxy) is 3. The van der Waals surface area contributed by atoms with Gasteiger partial charge in [-0.25, -0.2) is 4.79 Å². The Bertz CT molecular complexity index is 1470. The molecule has 0 radical (unpaired) electrons. The van der Waals surface area contributed by atoms with Gasteiger partial charge in [0.05, 0.1) is 18.7 Å². The van der Waals surface area contributed by atoms with Gasteiger partial charge in [0.25, 0.3) is 11.8 Å². The van der Waals surface area contributed by atoms with Gasteiger partial charge in [0.2, 0.25) is 0 Å². The summed E-state index contributed by atoms with van der Waals surface area (Å²) in [5.74, 6) is -0.386. The van der Waals surface area contributed by atoms with E-state index in [0.29, 0.717) is 43.9 Å². The van der Waals surface area contributed by atoms with Crippen LogP contribution in [0.15, 0.2) is 78.2 Å². The zero-order chi connectivity index (χ0) is 27.8.